The van der Waals surface area contributed by atoms with Gasteiger partial charge in [-0.1, -0.05) is 6.07 Å². The Balaban J connectivity index is 1.37. The van der Waals surface area contributed by atoms with Gasteiger partial charge in [0.05, 0.1) is 30.7 Å². The lowest BCUT2D eigenvalue weighted by atomic mass is 10.1. The zero-order valence-corrected chi connectivity index (χ0v) is 16.7. The molecule has 156 valence electrons. The third-order valence-corrected chi connectivity index (χ3v) is 4.83. The molecule has 4 rings (SSSR count). The Labute approximate surface area is 173 Å². The van der Waals surface area contributed by atoms with E-state index in [-0.39, 0.29) is 12.0 Å². The Hall–Kier alpha value is -3.33. The highest BCUT2D eigenvalue weighted by Gasteiger charge is 2.26. The van der Waals surface area contributed by atoms with E-state index in [0.29, 0.717) is 44.3 Å². The average Bonchev–Trinajstić information content (AvgIpc) is 3.19. The van der Waals surface area contributed by atoms with Crippen LogP contribution >= 0.6 is 0 Å². The van der Waals surface area contributed by atoms with Crippen LogP contribution in [0.1, 0.15) is 23.9 Å². The maximum Gasteiger partial charge on any atom is 0.224 e. The van der Waals surface area contributed by atoms with Gasteiger partial charge in [-0.2, -0.15) is 5.10 Å². The Morgan fingerprint density at radius 3 is 2.93 bits per heavy atom. The van der Waals surface area contributed by atoms with Crippen molar-refractivity contribution in [1.29, 1.82) is 0 Å². The van der Waals surface area contributed by atoms with E-state index in [1.165, 1.54) is 6.07 Å². The number of nitrogens with zero attached hydrogens (tertiary/aromatic N) is 5. The molecule has 1 aliphatic rings. The SMILES string of the molecule is Cc1ccn(CCC(=O)N2CCO[C@H](c3cccc(Nc4ccc(F)cn4)n3)C2)n1. The summed E-state index contributed by atoms with van der Waals surface area (Å²) in [5.41, 5.74) is 1.66. The second-order valence-electron chi connectivity index (χ2n) is 7.10. The molecule has 9 heteroatoms. The monoisotopic (exact) mass is 410 g/mol. The lowest BCUT2D eigenvalue weighted by Gasteiger charge is -2.33. The quantitative estimate of drug-likeness (QED) is 0.673. The molecule has 0 aliphatic carbocycles. The molecular formula is C21H23FN6O2. The van der Waals surface area contributed by atoms with Crippen LogP contribution in [0.3, 0.4) is 0 Å². The van der Waals surface area contributed by atoms with Crippen LogP contribution in [0.15, 0.2) is 48.8 Å². The number of halogens is 1. The number of amides is 1. The van der Waals surface area contributed by atoms with Crippen molar-refractivity contribution in [3.8, 4) is 0 Å². The zero-order valence-electron chi connectivity index (χ0n) is 16.7. The fourth-order valence-electron chi connectivity index (χ4n) is 3.29. The Morgan fingerprint density at radius 2 is 2.17 bits per heavy atom. The number of aromatic nitrogens is 4. The molecule has 0 radical (unpaired) electrons. The molecule has 8 nitrogen and oxygen atoms in total. The van der Waals surface area contributed by atoms with E-state index in [9.17, 15) is 9.18 Å². The Bertz CT molecular complexity index is 1010. The first-order valence-corrected chi connectivity index (χ1v) is 9.82. The number of morpholine rings is 1. The number of carbonyl (C=O) groups excluding carboxylic acids is 1. The van der Waals surface area contributed by atoms with Gasteiger partial charge in [0.25, 0.3) is 0 Å². The first kappa shape index (κ1) is 20.0. The number of nitrogens with one attached hydrogen (secondary N) is 1. The van der Waals surface area contributed by atoms with Crippen molar-refractivity contribution in [2.24, 2.45) is 0 Å². The van der Waals surface area contributed by atoms with Gasteiger partial charge in [0.15, 0.2) is 0 Å². The number of pyridine rings is 2. The molecule has 1 N–H and O–H groups in total. The van der Waals surface area contributed by atoms with Gasteiger partial charge in [-0.15, -0.1) is 0 Å². The predicted octanol–water partition coefficient (Wildman–Crippen LogP) is 2.85. The van der Waals surface area contributed by atoms with Crippen molar-refractivity contribution in [3.63, 3.8) is 0 Å². The standard InChI is InChI=1S/C21H23FN6O2/c1-15-7-9-28(26-15)10-8-21(29)27-11-12-30-18(14-27)17-3-2-4-20(24-17)25-19-6-5-16(22)13-23-19/h2-7,9,13,18H,8,10-12,14H2,1H3,(H,23,24,25)/t18-/m0/s1. The van der Waals surface area contributed by atoms with Crippen LogP contribution < -0.4 is 5.32 Å². The van der Waals surface area contributed by atoms with Gasteiger partial charge in [0.2, 0.25) is 5.91 Å². The van der Waals surface area contributed by atoms with Crippen LogP contribution in [-0.4, -0.2) is 50.3 Å². The summed E-state index contributed by atoms with van der Waals surface area (Å²) in [6.45, 7) is 3.94. The third kappa shape index (κ3) is 4.98. The van der Waals surface area contributed by atoms with E-state index in [2.05, 4.69) is 20.4 Å². The van der Waals surface area contributed by atoms with E-state index in [1.54, 1.807) is 16.8 Å². The summed E-state index contributed by atoms with van der Waals surface area (Å²) >= 11 is 0. The number of ether oxygens (including phenoxy) is 1. The first-order chi connectivity index (χ1) is 14.6. The van der Waals surface area contributed by atoms with Gasteiger partial charge in [0.1, 0.15) is 23.6 Å². The molecule has 0 aromatic carbocycles. The summed E-state index contributed by atoms with van der Waals surface area (Å²) in [7, 11) is 0. The van der Waals surface area contributed by atoms with E-state index in [1.807, 2.05) is 36.2 Å². The normalized spacial score (nSPS) is 16.5. The Morgan fingerprint density at radius 1 is 1.27 bits per heavy atom. The van der Waals surface area contributed by atoms with Crippen LogP contribution in [-0.2, 0) is 16.1 Å². The molecule has 0 saturated carbocycles. The highest BCUT2D eigenvalue weighted by atomic mass is 19.1. The zero-order chi connectivity index (χ0) is 20.9. The van der Waals surface area contributed by atoms with Crippen molar-refractivity contribution < 1.29 is 13.9 Å². The van der Waals surface area contributed by atoms with Crippen LogP contribution in [0.5, 0.6) is 0 Å². The molecule has 1 saturated heterocycles. The van der Waals surface area contributed by atoms with E-state index in [0.717, 1.165) is 17.6 Å². The molecule has 3 aromatic rings. The fourth-order valence-corrected chi connectivity index (χ4v) is 3.29. The maximum atomic E-state index is 13.0. The smallest absolute Gasteiger partial charge is 0.224 e. The van der Waals surface area contributed by atoms with Crippen molar-refractivity contribution in [1.82, 2.24) is 24.6 Å². The minimum absolute atomic E-state index is 0.0706. The van der Waals surface area contributed by atoms with Crippen molar-refractivity contribution >= 4 is 17.5 Å². The summed E-state index contributed by atoms with van der Waals surface area (Å²) in [5, 5.41) is 7.37. The predicted molar refractivity (Wildman–Crippen MR) is 109 cm³/mol. The molecule has 1 atom stereocenters. The lowest BCUT2D eigenvalue weighted by Crippen LogP contribution is -2.42. The third-order valence-electron chi connectivity index (χ3n) is 4.83. The summed E-state index contributed by atoms with van der Waals surface area (Å²) < 4.78 is 20.7. The van der Waals surface area contributed by atoms with Gasteiger partial charge >= 0.3 is 0 Å². The molecule has 3 aromatic heterocycles. The van der Waals surface area contributed by atoms with Gasteiger partial charge in [-0.3, -0.25) is 9.48 Å². The van der Waals surface area contributed by atoms with Crippen LogP contribution in [0, 0.1) is 12.7 Å². The largest absolute Gasteiger partial charge is 0.368 e. The molecule has 0 bridgehead atoms. The van der Waals surface area contributed by atoms with Gasteiger partial charge in [-0.25, -0.2) is 14.4 Å². The second kappa shape index (κ2) is 9.00. The summed E-state index contributed by atoms with van der Waals surface area (Å²) in [5.74, 6) is 0.746. The number of hydrogen-bond acceptors (Lipinski definition) is 6. The number of anilines is 2. The van der Waals surface area contributed by atoms with E-state index in [4.69, 9.17) is 4.74 Å². The molecule has 30 heavy (non-hydrogen) atoms. The van der Waals surface area contributed by atoms with E-state index < -0.39 is 5.82 Å². The van der Waals surface area contributed by atoms with E-state index >= 15 is 0 Å². The molecule has 4 heterocycles. The van der Waals surface area contributed by atoms with Gasteiger partial charge in [0, 0.05) is 25.7 Å². The average molecular weight is 410 g/mol. The second-order valence-corrected chi connectivity index (χ2v) is 7.10. The number of carbonyl (C=O) groups is 1. The molecule has 1 fully saturated rings. The summed E-state index contributed by atoms with van der Waals surface area (Å²) in [6, 6.07) is 10.3. The van der Waals surface area contributed by atoms with Crippen LogP contribution in [0.4, 0.5) is 16.0 Å². The van der Waals surface area contributed by atoms with Crippen molar-refractivity contribution in [2.45, 2.75) is 26.0 Å². The number of rotatable bonds is 6. The molecular weight excluding hydrogens is 387 g/mol. The molecule has 1 aliphatic heterocycles. The lowest BCUT2D eigenvalue weighted by molar-refractivity contribution is -0.139. The Kier molecular flexibility index (Phi) is 5.99. The number of hydrogen-bond donors (Lipinski definition) is 1. The minimum atomic E-state index is -0.398. The summed E-state index contributed by atoms with van der Waals surface area (Å²) in [4.78, 5) is 23.0. The van der Waals surface area contributed by atoms with Crippen LogP contribution in [0.2, 0.25) is 0 Å². The molecule has 0 unspecified atom stereocenters. The molecule has 1 amide bonds. The van der Waals surface area contributed by atoms with Crippen molar-refractivity contribution in [2.75, 3.05) is 25.0 Å². The highest BCUT2D eigenvalue weighted by molar-refractivity contribution is 5.76. The fraction of sp³-hybridized carbons (Fsp3) is 0.333. The van der Waals surface area contributed by atoms with Gasteiger partial charge < -0.3 is 15.0 Å². The minimum Gasteiger partial charge on any atom is -0.368 e. The summed E-state index contributed by atoms with van der Waals surface area (Å²) in [6.07, 6.45) is 3.10. The van der Waals surface area contributed by atoms with Crippen LogP contribution in [0.25, 0.3) is 0 Å². The first-order valence-electron chi connectivity index (χ1n) is 9.82. The highest BCUT2D eigenvalue weighted by Crippen LogP contribution is 2.23. The van der Waals surface area contributed by atoms with Gasteiger partial charge in [-0.05, 0) is 37.3 Å². The molecule has 0 spiro atoms. The number of aryl methyl sites for hydroxylation is 2. The topological polar surface area (TPSA) is 85.2 Å². The van der Waals surface area contributed by atoms with Crippen molar-refractivity contribution in [3.05, 3.63) is 66.0 Å². The maximum absolute atomic E-state index is 13.0.